The largest absolute Gasteiger partial charge is 0.298 e. The normalized spacial score (nSPS) is 13.4. The highest BCUT2D eigenvalue weighted by Gasteiger charge is 2.30. The zero-order chi connectivity index (χ0) is 15.1. The van der Waals surface area contributed by atoms with Gasteiger partial charge in [-0.15, -0.1) is 0 Å². The fourth-order valence-corrected chi connectivity index (χ4v) is 3.42. The Kier molecular flexibility index (Phi) is 5.69. The van der Waals surface area contributed by atoms with Crippen LogP contribution in [0.4, 0.5) is 0 Å². The van der Waals surface area contributed by atoms with Crippen LogP contribution >= 0.6 is 23.4 Å². The minimum atomic E-state index is -0.654. The summed E-state index contributed by atoms with van der Waals surface area (Å²) in [7, 11) is 1.83. The first-order chi connectivity index (χ1) is 10.2. The van der Waals surface area contributed by atoms with E-state index in [9.17, 15) is 5.26 Å². The van der Waals surface area contributed by atoms with Crippen LogP contribution in [0.5, 0.6) is 0 Å². The van der Waals surface area contributed by atoms with Crippen LogP contribution in [0.15, 0.2) is 54.6 Å². The molecule has 0 heterocycles. The summed E-state index contributed by atoms with van der Waals surface area (Å²) in [5.41, 5.74) is 1.55. The van der Waals surface area contributed by atoms with Crippen molar-refractivity contribution < 1.29 is 0 Å². The highest BCUT2D eigenvalue weighted by molar-refractivity contribution is 7.98. The van der Waals surface area contributed by atoms with Gasteiger partial charge in [-0.05, 0) is 30.3 Å². The van der Waals surface area contributed by atoms with Gasteiger partial charge in [0.2, 0.25) is 0 Å². The summed E-state index contributed by atoms with van der Waals surface area (Å²) in [6.07, 6.45) is 0. The molecule has 1 N–H and O–H groups in total. The number of nitrogens with zero attached hydrogens (tertiary/aromatic N) is 1. The maximum Gasteiger partial charge on any atom is 0.141 e. The third-order valence-corrected chi connectivity index (χ3v) is 4.81. The molecule has 0 aromatic heterocycles. The smallest absolute Gasteiger partial charge is 0.141 e. The third-order valence-electron chi connectivity index (χ3n) is 3.38. The van der Waals surface area contributed by atoms with Crippen molar-refractivity contribution in [3.05, 3.63) is 70.7 Å². The minimum absolute atomic E-state index is 0.654. The molecule has 0 aliphatic heterocycles. The highest BCUT2D eigenvalue weighted by atomic mass is 35.5. The predicted molar refractivity (Wildman–Crippen MR) is 90.4 cm³/mol. The molecular formula is C17H17ClN2S. The first-order valence-corrected chi connectivity index (χ1v) is 8.21. The van der Waals surface area contributed by atoms with Gasteiger partial charge >= 0.3 is 0 Å². The minimum Gasteiger partial charge on any atom is -0.298 e. The van der Waals surface area contributed by atoms with Crippen LogP contribution < -0.4 is 5.32 Å². The van der Waals surface area contributed by atoms with Gasteiger partial charge in [0.15, 0.2) is 0 Å². The zero-order valence-electron chi connectivity index (χ0n) is 11.8. The molecule has 0 amide bonds. The van der Waals surface area contributed by atoms with Crippen molar-refractivity contribution in [1.82, 2.24) is 5.32 Å². The van der Waals surface area contributed by atoms with E-state index in [2.05, 4.69) is 11.4 Å². The van der Waals surface area contributed by atoms with E-state index in [1.807, 2.05) is 61.6 Å². The third kappa shape index (κ3) is 4.01. The van der Waals surface area contributed by atoms with Crippen molar-refractivity contribution in [3.8, 4) is 6.07 Å². The van der Waals surface area contributed by atoms with E-state index in [0.717, 1.165) is 16.3 Å². The van der Waals surface area contributed by atoms with Crippen LogP contribution in [0.1, 0.15) is 11.1 Å². The van der Waals surface area contributed by atoms with Gasteiger partial charge in [0, 0.05) is 16.5 Å². The lowest BCUT2D eigenvalue weighted by atomic mass is 9.94. The lowest BCUT2D eigenvalue weighted by Gasteiger charge is -2.26. The molecule has 0 aliphatic rings. The highest BCUT2D eigenvalue weighted by Crippen LogP contribution is 2.27. The Labute approximate surface area is 135 Å². The summed E-state index contributed by atoms with van der Waals surface area (Å²) in [5.74, 6) is 1.54. The number of nitriles is 1. The summed E-state index contributed by atoms with van der Waals surface area (Å²) < 4.78 is 0. The molecule has 1 atom stereocenters. The maximum atomic E-state index is 9.62. The van der Waals surface area contributed by atoms with E-state index in [1.54, 1.807) is 11.8 Å². The molecule has 2 nitrogen and oxygen atoms in total. The second-order valence-corrected chi connectivity index (χ2v) is 6.17. The van der Waals surface area contributed by atoms with Crippen LogP contribution in [0, 0.1) is 11.3 Å². The SMILES string of the molecule is CNC(C#N)(CSCc1ccc(Cl)cc1)c1ccccc1. The second-order valence-electron chi connectivity index (χ2n) is 4.75. The van der Waals surface area contributed by atoms with Crippen LogP contribution in [0.2, 0.25) is 5.02 Å². The number of nitrogens with one attached hydrogen (secondary N) is 1. The summed E-state index contributed by atoms with van der Waals surface area (Å²) in [5, 5.41) is 13.5. The van der Waals surface area contributed by atoms with Crippen molar-refractivity contribution in [2.75, 3.05) is 12.8 Å². The van der Waals surface area contributed by atoms with Crippen molar-refractivity contribution in [1.29, 1.82) is 5.26 Å². The van der Waals surface area contributed by atoms with Gasteiger partial charge in [0.25, 0.3) is 0 Å². The maximum absolute atomic E-state index is 9.62. The van der Waals surface area contributed by atoms with Gasteiger partial charge in [-0.2, -0.15) is 17.0 Å². The molecule has 2 aromatic rings. The number of benzene rings is 2. The van der Waals surface area contributed by atoms with E-state index >= 15 is 0 Å². The molecule has 0 spiro atoms. The van der Waals surface area contributed by atoms with E-state index in [-0.39, 0.29) is 0 Å². The van der Waals surface area contributed by atoms with Crippen LogP contribution in [-0.4, -0.2) is 12.8 Å². The Morgan fingerprint density at radius 1 is 1.14 bits per heavy atom. The number of hydrogen-bond donors (Lipinski definition) is 1. The average Bonchev–Trinajstić information content (AvgIpc) is 2.55. The molecule has 0 radical (unpaired) electrons. The summed E-state index contributed by atoms with van der Waals surface area (Å²) >= 11 is 7.62. The fraction of sp³-hybridized carbons (Fsp3) is 0.235. The van der Waals surface area contributed by atoms with Crippen LogP contribution in [0.25, 0.3) is 0 Å². The van der Waals surface area contributed by atoms with E-state index in [1.165, 1.54) is 5.56 Å². The number of hydrogen-bond acceptors (Lipinski definition) is 3. The molecule has 21 heavy (non-hydrogen) atoms. The molecule has 0 fully saturated rings. The Morgan fingerprint density at radius 3 is 2.38 bits per heavy atom. The molecule has 1 unspecified atom stereocenters. The molecule has 4 heteroatoms. The van der Waals surface area contributed by atoms with Gasteiger partial charge in [0.05, 0.1) is 6.07 Å². The van der Waals surface area contributed by atoms with E-state index in [4.69, 9.17) is 11.6 Å². The van der Waals surface area contributed by atoms with Crippen molar-refractivity contribution in [3.63, 3.8) is 0 Å². The first kappa shape index (κ1) is 15.9. The summed E-state index contributed by atoms with van der Waals surface area (Å²) in [6.45, 7) is 0. The fourth-order valence-electron chi connectivity index (χ4n) is 2.08. The van der Waals surface area contributed by atoms with E-state index < -0.39 is 5.54 Å². The van der Waals surface area contributed by atoms with Gasteiger partial charge in [-0.25, -0.2) is 0 Å². The molecule has 2 rings (SSSR count). The molecule has 0 saturated heterocycles. The second kappa shape index (κ2) is 7.51. The molecule has 0 saturated carbocycles. The van der Waals surface area contributed by atoms with Crippen LogP contribution in [0.3, 0.4) is 0 Å². The molecule has 0 aliphatic carbocycles. The molecular weight excluding hydrogens is 300 g/mol. The number of rotatable bonds is 6. The van der Waals surface area contributed by atoms with Gasteiger partial charge in [-0.3, -0.25) is 5.32 Å². The number of halogens is 1. The predicted octanol–water partition coefficient (Wildman–Crippen LogP) is 4.21. The topological polar surface area (TPSA) is 35.8 Å². The Morgan fingerprint density at radius 2 is 1.81 bits per heavy atom. The quantitative estimate of drug-likeness (QED) is 0.867. The van der Waals surface area contributed by atoms with Gasteiger partial charge in [0.1, 0.15) is 5.54 Å². The molecule has 108 valence electrons. The Balaban J connectivity index is 2.04. The zero-order valence-corrected chi connectivity index (χ0v) is 13.4. The monoisotopic (exact) mass is 316 g/mol. The Bertz CT molecular complexity index is 607. The first-order valence-electron chi connectivity index (χ1n) is 6.68. The van der Waals surface area contributed by atoms with Crippen molar-refractivity contribution >= 4 is 23.4 Å². The number of thioether (sulfide) groups is 1. The summed E-state index contributed by atoms with van der Waals surface area (Å²) in [6, 6.07) is 20.1. The van der Waals surface area contributed by atoms with Gasteiger partial charge < -0.3 is 0 Å². The van der Waals surface area contributed by atoms with Crippen molar-refractivity contribution in [2.24, 2.45) is 0 Å². The molecule has 0 bridgehead atoms. The van der Waals surface area contributed by atoms with Crippen LogP contribution in [-0.2, 0) is 11.3 Å². The standard InChI is InChI=1S/C17H17ClN2S/c1-20-17(12-19,15-5-3-2-4-6-15)13-21-11-14-7-9-16(18)10-8-14/h2-10,20H,11,13H2,1H3. The lowest BCUT2D eigenvalue weighted by molar-refractivity contribution is 0.528. The average molecular weight is 317 g/mol. The van der Waals surface area contributed by atoms with Crippen molar-refractivity contribution in [2.45, 2.75) is 11.3 Å². The van der Waals surface area contributed by atoms with E-state index in [0.29, 0.717) is 5.75 Å². The summed E-state index contributed by atoms with van der Waals surface area (Å²) in [4.78, 5) is 0. The Hall–Kier alpha value is -1.47. The molecule has 2 aromatic carbocycles. The lowest BCUT2D eigenvalue weighted by Crippen LogP contribution is -2.41. The van der Waals surface area contributed by atoms with Gasteiger partial charge in [-0.1, -0.05) is 54.1 Å².